The summed E-state index contributed by atoms with van der Waals surface area (Å²) in [6.45, 7) is 2.36. The van der Waals surface area contributed by atoms with Gasteiger partial charge < -0.3 is 19.3 Å². The third-order valence-corrected chi connectivity index (χ3v) is 6.83. The Morgan fingerprint density at radius 2 is 1.57 bits per heavy atom. The maximum absolute atomic E-state index is 13.0. The standard InChI is InChI=1S/C20H23Cl3O6S/c1-13(9-21)10-29-20-18(22)7-17(8-19(20)23)30(25,26)16-5-3-15(4-6-16)28-12-14(24)11-27-2/h3-8,13-14,24H,9-12H2,1-2H3/t13-,14-/m1/s1. The number of rotatable bonds is 11. The average Bonchev–Trinajstić information content (AvgIpc) is 2.71. The summed E-state index contributed by atoms with van der Waals surface area (Å²) in [7, 11) is -2.39. The van der Waals surface area contributed by atoms with Crippen LogP contribution in [0.5, 0.6) is 11.5 Å². The molecule has 0 aromatic heterocycles. The quantitative estimate of drug-likeness (QED) is 0.461. The zero-order chi connectivity index (χ0) is 22.3. The van der Waals surface area contributed by atoms with Gasteiger partial charge in [0.05, 0.1) is 33.0 Å². The van der Waals surface area contributed by atoms with E-state index in [0.717, 1.165) is 0 Å². The molecule has 30 heavy (non-hydrogen) atoms. The van der Waals surface area contributed by atoms with E-state index in [2.05, 4.69) is 0 Å². The van der Waals surface area contributed by atoms with E-state index < -0.39 is 15.9 Å². The number of methoxy groups -OCH3 is 1. The highest BCUT2D eigenvalue weighted by atomic mass is 35.5. The van der Waals surface area contributed by atoms with Crippen LogP contribution in [0.25, 0.3) is 0 Å². The molecule has 0 radical (unpaired) electrons. The Morgan fingerprint density at radius 3 is 2.10 bits per heavy atom. The number of aliphatic hydroxyl groups excluding tert-OH is 1. The van der Waals surface area contributed by atoms with Gasteiger partial charge in [0.25, 0.3) is 0 Å². The molecule has 0 unspecified atom stereocenters. The largest absolute Gasteiger partial charge is 0.491 e. The summed E-state index contributed by atoms with van der Waals surface area (Å²) < 4.78 is 41.7. The Balaban J connectivity index is 2.18. The number of benzene rings is 2. The van der Waals surface area contributed by atoms with Crippen molar-refractivity contribution in [3.05, 3.63) is 46.4 Å². The summed E-state index contributed by atoms with van der Waals surface area (Å²) in [5.74, 6) is 1.12. The molecule has 6 nitrogen and oxygen atoms in total. The lowest BCUT2D eigenvalue weighted by Crippen LogP contribution is -2.22. The fourth-order valence-corrected chi connectivity index (χ4v) is 4.51. The maximum Gasteiger partial charge on any atom is 0.206 e. The molecular weight excluding hydrogens is 475 g/mol. The molecule has 10 heteroatoms. The molecule has 166 valence electrons. The molecule has 0 heterocycles. The first kappa shape index (κ1) is 25.0. The highest BCUT2D eigenvalue weighted by Gasteiger charge is 2.22. The first-order valence-corrected chi connectivity index (χ1v) is 11.8. The van der Waals surface area contributed by atoms with Gasteiger partial charge >= 0.3 is 0 Å². The topological polar surface area (TPSA) is 82.1 Å². The summed E-state index contributed by atoms with van der Waals surface area (Å²) in [5.41, 5.74) is 0. The fraction of sp³-hybridized carbons (Fsp3) is 0.400. The number of sulfone groups is 1. The lowest BCUT2D eigenvalue weighted by molar-refractivity contribution is 0.0325. The lowest BCUT2D eigenvalue weighted by Gasteiger charge is -2.15. The smallest absolute Gasteiger partial charge is 0.206 e. The Labute approximate surface area is 191 Å². The zero-order valence-corrected chi connectivity index (χ0v) is 19.6. The van der Waals surface area contributed by atoms with Crippen LogP contribution in [0.4, 0.5) is 0 Å². The molecular formula is C20H23Cl3O6S. The Kier molecular flexibility index (Phi) is 9.53. The zero-order valence-electron chi connectivity index (χ0n) is 16.5. The van der Waals surface area contributed by atoms with Crippen LogP contribution in [-0.4, -0.2) is 52.4 Å². The molecule has 0 amide bonds. The van der Waals surface area contributed by atoms with Crippen LogP contribution in [-0.2, 0) is 14.6 Å². The van der Waals surface area contributed by atoms with Crippen molar-refractivity contribution in [1.82, 2.24) is 0 Å². The van der Waals surface area contributed by atoms with Gasteiger partial charge in [-0.2, -0.15) is 0 Å². The van der Waals surface area contributed by atoms with E-state index in [0.29, 0.717) is 18.2 Å². The molecule has 2 aromatic carbocycles. The minimum atomic E-state index is -3.86. The van der Waals surface area contributed by atoms with Crippen molar-refractivity contribution >= 4 is 44.6 Å². The van der Waals surface area contributed by atoms with Crippen molar-refractivity contribution < 1.29 is 27.7 Å². The first-order chi connectivity index (χ1) is 14.2. The molecule has 0 bridgehead atoms. The van der Waals surface area contributed by atoms with Crippen molar-refractivity contribution in [2.45, 2.75) is 22.8 Å². The Morgan fingerprint density at radius 1 is 0.967 bits per heavy atom. The summed E-state index contributed by atoms with van der Waals surface area (Å²) in [6, 6.07) is 8.41. The molecule has 0 spiro atoms. The van der Waals surface area contributed by atoms with Gasteiger partial charge in [-0.25, -0.2) is 8.42 Å². The number of aliphatic hydroxyl groups is 1. The first-order valence-electron chi connectivity index (χ1n) is 9.01. The lowest BCUT2D eigenvalue weighted by atomic mass is 10.2. The molecule has 0 aliphatic carbocycles. The Bertz CT molecular complexity index is 911. The van der Waals surface area contributed by atoms with Gasteiger partial charge in [0, 0.05) is 18.9 Å². The van der Waals surface area contributed by atoms with Gasteiger partial charge in [-0.3, -0.25) is 0 Å². The third-order valence-electron chi connectivity index (χ3n) is 3.99. The monoisotopic (exact) mass is 496 g/mol. The number of ether oxygens (including phenoxy) is 3. The molecule has 1 N–H and O–H groups in total. The third kappa shape index (κ3) is 6.64. The van der Waals surface area contributed by atoms with Crippen LogP contribution >= 0.6 is 34.8 Å². The number of hydrogen-bond donors (Lipinski definition) is 1. The van der Waals surface area contributed by atoms with Crippen molar-refractivity contribution in [3.63, 3.8) is 0 Å². The predicted molar refractivity (Wildman–Crippen MR) is 117 cm³/mol. The van der Waals surface area contributed by atoms with Crippen LogP contribution in [0.1, 0.15) is 6.92 Å². The fourth-order valence-electron chi connectivity index (χ4n) is 2.38. The maximum atomic E-state index is 13.0. The molecule has 0 saturated carbocycles. The minimum Gasteiger partial charge on any atom is -0.491 e. The predicted octanol–water partition coefficient (Wildman–Crippen LogP) is 4.47. The molecule has 0 aliphatic rings. The van der Waals surface area contributed by atoms with Crippen molar-refractivity contribution in [3.8, 4) is 11.5 Å². The van der Waals surface area contributed by atoms with Gasteiger partial charge in [-0.1, -0.05) is 30.1 Å². The summed E-state index contributed by atoms with van der Waals surface area (Å²) >= 11 is 18.2. The van der Waals surface area contributed by atoms with Crippen molar-refractivity contribution in [1.29, 1.82) is 0 Å². The van der Waals surface area contributed by atoms with Gasteiger partial charge in [0.15, 0.2) is 5.75 Å². The van der Waals surface area contributed by atoms with Gasteiger partial charge in [-0.05, 0) is 36.4 Å². The molecule has 0 aliphatic heterocycles. The van der Waals surface area contributed by atoms with E-state index in [9.17, 15) is 13.5 Å². The van der Waals surface area contributed by atoms with Crippen LogP contribution in [0.2, 0.25) is 10.0 Å². The molecule has 2 atom stereocenters. The Hall–Kier alpha value is -1.22. The SMILES string of the molecule is COC[C@@H](O)COc1ccc(S(=O)(=O)c2cc(Cl)c(OC[C@H](C)CCl)c(Cl)c2)cc1. The second-order valence-electron chi connectivity index (χ2n) is 6.68. The van der Waals surface area contributed by atoms with Crippen LogP contribution < -0.4 is 9.47 Å². The molecule has 0 saturated heterocycles. The van der Waals surface area contributed by atoms with E-state index in [4.69, 9.17) is 49.0 Å². The second-order valence-corrected chi connectivity index (χ2v) is 9.75. The van der Waals surface area contributed by atoms with Gasteiger partial charge in [0.1, 0.15) is 18.5 Å². The van der Waals surface area contributed by atoms with E-state index in [1.165, 1.54) is 43.5 Å². The van der Waals surface area contributed by atoms with E-state index in [-0.39, 0.29) is 44.7 Å². The van der Waals surface area contributed by atoms with Crippen LogP contribution in [0.15, 0.2) is 46.2 Å². The minimum absolute atomic E-state index is 0.0228. The summed E-state index contributed by atoms with van der Waals surface area (Å²) in [6.07, 6.45) is -0.782. The summed E-state index contributed by atoms with van der Waals surface area (Å²) in [5, 5.41) is 9.80. The van der Waals surface area contributed by atoms with Crippen LogP contribution in [0.3, 0.4) is 0 Å². The molecule has 0 fully saturated rings. The van der Waals surface area contributed by atoms with Crippen molar-refractivity contribution in [2.75, 3.05) is 32.8 Å². The van der Waals surface area contributed by atoms with E-state index in [1.807, 2.05) is 6.92 Å². The molecule has 2 rings (SSSR count). The van der Waals surface area contributed by atoms with E-state index >= 15 is 0 Å². The summed E-state index contributed by atoms with van der Waals surface area (Å²) in [4.78, 5) is -0.0109. The van der Waals surface area contributed by atoms with Gasteiger partial charge in [0.2, 0.25) is 9.84 Å². The van der Waals surface area contributed by atoms with Crippen LogP contribution in [0, 0.1) is 5.92 Å². The highest BCUT2D eigenvalue weighted by molar-refractivity contribution is 7.91. The van der Waals surface area contributed by atoms with Crippen molar-refractivity contribution in [2.24, 2.45) is 5.92 Å². The second kappa shape index (κ2) is 11.4. The number of halogens is 3. The number of hydrogen-bond acceptors (Lipinski definition) is 6. The number of alkyl halides is 1. The van der Waals surface area contributed by atoms with E-state index in [1.54, 1.807) is 0 Å². The normalized spacial score (nSPS) is 13.7. The van der Waals surface area contributed by atoms with Gasteiger partial charge in [-0.15, -0.1) is 11.6 Å². The highest BCUT2D eigenvalue weighted by Crippen LogP contribution is 2.37. The molecule has 2 aromatic rings. The average molecular weight is 498 g/mol.